The molecule has 18 heavy (non-hydrogen) atoms. The van der Waals surface area contributed by atoms with Crippen LogP contribution in [-0.4, -0.2) is 21.0 Å². The third-order valence-corrected chi connectivity index (χ3v) is 3.21. The number of aryl methyl sites for hydroxylation is 3. The van der Waals surface area contributed by atoms with Crippen LogP contribution in [0.1, 0.15) is 27.4 Å². The van der Waals surface area contributed by atoms with Crippen molar-refractivity contribution < 1.29 is 14.3 Å². The zero-order valence-electron chi connectivity index (χ0n) is 10.2. The third-order valence-electron chi connectivity index (χ3n) is 2.30. The standard InChI is InChI=1S/C12H12N2O3S/c1-6-4-9(10(11(15)16)8(3)13-6)18-12-14-7(2)5-17-12/h4-5H,1-3H3,(H,15,16). The molecule has 0 aromatic carbocycles. The van der Waals surface area contributed by atoms with Gasteiger partial charge < -0.3 is 9.52 Å². The molecule has 94 valence electrons. The first-order chi connectivity index (χ1) is 8.47. The van der Waals surface area contributed by atoms with Crippen LogP contribution in [0, 0.1) is 20.8 Å². The molecule has 0 aliphatic heterocycles. The summed E-state index contributed by atoms with van der Waals surface area (Å²) in [6.07, 6.45) is 1.53. The predicted octanol–water partition coefficient (Wildman–Crippen LogP) is 2.84. The lowest BCUT2D eigenvalue weighted by molar-refractivity contribution is 0.0691. The number of aromatic nitrogens is 2. The van der Waals surface area contributed by atoms with E-state index in [-0.39, 0.29) is 5.56 Å². The van der Waals surface area contributed by atoms with Crippen LogP contribution < -0.4 is 0 Å². The lowest BCUT2D eigenvalue weighted by Crippen LogP contribution is -2.05. The Kier molecular flexibility index (Phi) is 3.38. The van der Waals surface area contributed by atoms with Gasteiger partial charge in [0.2, 0.25) is 0 Å². The molecule has 2 aromatic rings. The number of carboxylic acid groups (broad SMARTS) is 1. The summed E-state index contributed by atoms with van der Waals surface area (Å²) in [7, 11) is 0. The number of carbonyl (C=O) groups is 1. The SMILES string of the molecule is Cc1coc(Sc2cc(C)nc(C)c2C(=O)O)n1. The van der Waals surface area contributed by atoms with Gasteiger partial charge in [-0.3, -0.25) is 4.98 Å². The Morgan fingerprint density at radius 3 is 2.56 bits per heavy atom. The van der Waals surface area contributed by atoms with Gasteiger partial charge in [-0.25, -0.2) is 9.78 Å². The maximum absolute atomic E-state index is 11.2. The normalized spacial score (nSPS) is 10.6. The largest absolute Gasteiger partial charge is 0.478 e. The first-order valence-corrected chi connectivity index (χ1v) is 6.10. The first kappa shape index (κ1) is 12.6. The van der Waals surface area contributed by atoms with Gasteiger partial charge in [0, 0.05) is 10.6 Å². The van der Waals surface area contributed by atoms with Crippen molar-refractivity contribution in [2.75, 3.05) is 0 Å². The molecule has 1 N–H and O–H groups in total. The average molecular weight is 264 g/mol. The van der Waals surface area contributed by atoms with Gasteiger partial charge in [0.05, 0.1) is 17.0 Å². The Morgan fingerprint density at radius 2 is 2.00 bits per heavy atom. The van der Waals surface area contributed by atoms with Crippen LogP contribution in [-0.2, 0) is 0 Å². The molecule has 2 aromatic heterocycles. The summed E-state index contributed by atoms with van der Waals surface area (Å²) in [5, 5.41) is 9.65. The predicted molar refractivity (Wildman–Crippen MR) is 66.0 cm³/mol. The molecule has 0 saturated carbocycles. The molecule has 0 aliphatic rings. The lowest BCUT2D eigenvalue weighted by Gasteiger charge is -2.07. The molecule has 0 aliphatic carbocycles. The van der Waals surface area contributed by atoms with Crippen LogP contribution >= 0.6 is 11.8 Å². The maximum atomic E-state index is 11.2. The maximum Gasteiger partial charge on any atom is 0.338 e. The molecule has 6 heteroatoms. The molecule has 0 unspecified atom stereocenters. The highest BCUT2D eigenvalue weighted by molar-refractivity contribution is 7.99. The van der Waals surface area contributed by atoms with Crippen molar-refractivity contribution in [2.45, 2.75) is 30.9 Å². The lowest BCUT2D eigenvalue weighted by atomic mass is 10.2. The van der Waals surface area contributed by atoms with E-state index in [4.69, 9.17) is 4.42 Å². The Labute approximate surface area is 108 Å². The first-order valence-electron chi connectivity index (χ1n) is 5.29. The van der Waals surface area contributed by atoms with Gasteiger partial charge >= 0.3 is 5.97 Å². The van der Waals surface area contributed by atoms with Crippen molar-refractivity contribution in [1.82, 2.24) is 9.97 Å². The van der Waals surface area contributed by atoms with Crippen molar-refractivity contribution in [3.05, 3.63) is 35.0 Å². The molecule has 0 amide bonds. The van der Waals surface area contributed by atoms with Gasteiger partial charge in [-0.1, -0.05) is 0 Å². The molecule has 5 nitrogen and oxygen atoms in total. The van der Waals surface area contributed by atoms with E-state index in [0.717, 1.165) is 11.4 Å². The van der Waals surface area contributed by atoms with Crippen LogP contribution in [0.2, 0.25) is 0 Å². The summed E-state index contributed by atoms with van der Waals surface area (Å²) < 4.78 is 5.22. The molecule has 2 rings (SSSR count). The highest BCUT2D eigenvalue weighted by Gasteiger charge is 2.17. The average Bonchev–Trinajstić information content (AvgIpc) is 2.62. The summed E-state index contributed by atoms with van der Waals surface area (Å²) in [5.74, 6) is -0.995. The minimum absolute atomic E-state index is 0.196. The molecule has 0 atom stereocenters. The van der Waals surface area contributed by atoms with Gasteiger partial charge in [-0.2, -0.15) is 0 Å². The van der Waals surface area contributed by atoms with Crippen LogP contribution in [0.15, 0.2) is 26.9 Å². The number of rotatable bonds is 3. The second-order valence-electron chi connectivity index (χ2n) is 3.88. The highest BCUT2D eigenvalue weighted by Crippen LogP contribution is 2.31. The van der Waals surface area contributed by atoms with Crippen LogP contribution in [0.3, 0.4) is 0 Å². The van der Waals surface area contributed by atoms with Gasteiger partial charge in [0.15, 0.2) is 0 Å². The fraction of sp³-hybridized carbons (Fsp3) is 0.250. The number of carboxylic acids is 1. The van der Waals surface area contributed by atoms with Gasteiger partial charge in [0.25, 0.3) is 5.22 Å². The van der Waals surface area contributed by atoms with E-state index in [0.29, 0.717) is 15.8 Å². The van der Waals surface area contributed by atoms with Gasteiger partial charge in [0.1, 0.15) is 6.26 Å². The monoisotopic (exact) mass is 264 g/mol. The molecule has 0 fully saturated rings. The molecular weight excluding hydrogens is 252 g/mol. The molecule has 0 spiro atoms. The molecule has 0 radical (unpaired) electrons. The number of nitrogens with zero attached hydrogens (tertiary/aromatic N) is 2. The Balaban J connectivity index is 2.45. The quantitative estimate of drug-likeness (QED) is 0.918. The number of aromatic carboxylic acids is 1. The second kappa shape index (κ2) is 4.81. The fourth-order valence-corrected chi connectivity index (χ4v) is 2.65. The fourth-order valence-electron chi connectivity index (χ4n) is 1.61. The smallest absolute Gasteiger partial charge is 0.338 e. The number of pyridine rings is 1. The minimum Gasteiger partial charge on any atom is -0.478 e. The van der Waals surface area contributed by atoms with E-state index in [1.807, 2.05) is 13.8 Å². The Hall–Kier alpha value is -1.82. The zero-order valence-corrected chi connectivity index (χ0v) is 11.0. The zero-order chi connectivity index (χ0) is 13.3. The number of oxazole rings is 1. The minimum atomic E-state index is -0.995. The summed E-state index contributed by atoms with van der Waals surface area (Å²) in [6.45, 7) is 5.32. The van der Waals surface area contributed by atoms with Crippen molar-refractivity contribution in [1.29, 1.82) is 0 Å². The summed E-state index contributed by atoms with van der Waals surface area (Å²) in [5.41, 5.74) is 2.22. The number of hydrogen-bond donors (Lipinski definition) is 1. The van der Waals surface area contributed by atoms with Crippen molar-refractivity contribution in [3.8, 4) is 0 Å². The van der Waals surface area contributed by atoms with Crippen LogP contribution in [0.5, 0.6) is 0 Å². The van der Waals surface area contributed by atoms with Crippen molar-refractivity contribution >= 4 is 17.7 Å². The number of hydrogen-bond acceptors (Lipinski definition) is 5. The third kappa shape index (κ3) is 2.53. The molecule has 2 heterocycles. The van der Waals surface area contributed by atoms with Gasteiger partial charge in [-0.15, -0.1) is 0 Å². The van der Waals surface area contributed by atoms with E-state index in [2.05, 4.69) is 9.97 Å². The highest BCUT2D eigenvalue weighted by atomic mass is 32.2. The van der Waals surface area contributed by atoms with E-state index >= 15 is 0 Å². The summed E-state index contributed by atoms with van der Waals surface area (Å²) >= 11 is 1.19. The molecule has 0 bridgehead atoms. The van der Waals surface area contributed by atoms with E-state index in [1.54, 1.807) is 13.0 Å². The van der Waals surface area contributed by atoms with Crippen molar-refractivity contribution in [2.24, 2.45) is 0 Å². The van der Waals surface area contributed by atoms with Gasteiger partial charge in [-0.05, 0) is 38.6 Å². The Bertz CT molecular complexity index is 607. The molecular formula is C12H12N2O3S. The Morgan fingerprint density at radius 1 is 1.28 bits per heavy atom. The second-order valence-corrected chi connectivity index (χ2v) is 4.88. The van der Waals surface area contributed by atoms with Crippen LogP contribution in [0.4, 0.5) is 0 Å². The van der Waals surface area contributed by atoms with E-state index < -0.39 is 5.97 Å². The van der Waals surface area contributed by atoms with Crippen LogP contribution in [0.25, 0.3) is 0 Å². The summed E-state index contributed by atoms with van der Waals surface area (Å²) in [6, 6.07) is 1.72. The van der Waals surface area contributed by atoms with E-state index in [9.17, 15) is 9.90 Å². The molecule has 0 saturated heterocycles. The van der Waals surface area contributed by atoms with E-state index in [1.165, 1.54) is 18.0 Å². The summed E-state index contributed by atoms with van der Waals surface area (Å²) in [4.78, 5) is 20.1. The van der Waals surface area contributed by atoms with Crippen molar-refractivity contribution in [3.63, 3.8) is 0 Å². The topological polar surface area (TPSA) is 76.2 Å².